The number of nitrogens with zero attached hydrogens (tertiary/aromatic N) is 2. The van der Waals surface area contributed by atoms with Crippen LogP contribution in [-0.2, 0) is 11.2 Å². The van der Waals surface area contributed by atoms with Gasteiger partial charge in [-0.3, -0.25) is 4.79 Å². The van der Waals surface area contributed by atoms with Gasteiger partial charge in [-0.25, -0.2) is 4.39 Å². The van der Waals surface area contributed by atoms with E-state index in [0.717, 1.165) is 69.5 Å². The minimum Gasteiger partial charge on any atom is -0.361 e. The van der Waals surface area contributed by atoms with Crippen molar-refractivity contribution in [3.63, 3.8) is 0 Å². The standard InChI is InChI=1S/C21H28FN3O2.ClH/c1-25(21(26)17-8-6-11-23-15-17)12-4-2-3-10-19-14-20(24-27-19)16-7-5-9-18(22)13-16;/h5,7,9,13-14,17,23H,2-4,6,8,10-12,15H2,1H3;1H. The molecule has 28 heavy (non-hydrogen) atoms. The van der Waals surface area contributed by atoms with Crippen LogP contribution in [0.5, 0.6) is 0 Å². The van der Waals surface area contributed by atoms with E-state index < -0.39 is 0 Å². The molecule has 2 heterocycles. The summed E-state index contributed by atoms with van der Waals surface area (Å²) < 4.78 is 18.7. The largest absolute Gasteiger partial charge is 0.361 e. The van der Waals surface area contributed by atoms with E-state index in [9.17, 15) is 9.18 Å². The van der Waals surface area contributed by atoms with Gasteiger partial charge in [-0.15, -0.1) is 12.4 Å². The van der Waals surface area contributed by atoms with Gasteiger partial charge in [-0.05, 0) is 44.4 Å². The second-order valence-corrected chi connectivity index (χ2v) is 7.30. The maximum atomic E-state index is 13.3. The molecule has 0 bridgehead atoms. The van der Waals surface area contributed by atoms with E-state index in [1.54, 1.807) is 6.07 Å². The molecule has 1 N–H and O–H groups in total. The van der Waals surface area contributed by atoms with Crippen LogP contribution in [0.2, 0.25) is 0 Å². The lowest BCUT2D eigenvalue weighted by atomic mass is 9.98. The van der Waals surface area contributed by atoms with Gasteiger partial charge < -0.3 is 14.7 Å². The summed E-state index contributed by atoms with van der Waals surface area (Å²) in [7, 11) is 1.90. The van der Waals surface area contributed by atoms with Crippen molar-refractivity contribution in [2.75, 3.05) is 26.7 Å². The van der Waals surface area contributed by atoms with Crippen molar-refractivity contribution < 1.29 is 13.7 Å². The normalized spacial score (nSPS) is 16.4. The lowest BCUT2D eigenvalue weighted by Crippen LogP contribution is -2.41. The Balaban J connectivity index is 0.00000280. The zero-order chi connectivity index (χ0) is 19.1. The third kappa shape index (κ3) is 6.31. The highest BCUT2D eigenvalue weighted by Crippen LogP contribution is 2.21. The quantitative estimate of drug-likeness (QED) is 0.667. The molecular weight excluding hydrogens is 381 g/mol. The van der Waals surface area contributed by atoms with Crippen LogP contribution in [0.25, 0.3) is 11.3 Å². The monoisotopic (exact) mass is 409 g/mol. The highest BCUT2D eigenvalue weighted by atomic mass is 35.5. The molecule has 7 heteroatoms. The Morgan fingerprint density at radius 1 is 1.32 bits per heavy atom. The highest BCUT2D eigenvalue weighted by Gasteiger charge is 2.23. The molecule has 2 aromatic rings. The number of carbonyl (C=O) groups is 1. The van der Waals surface area contributed by atoms with Crippen LogP contribution in [0.15, 0.2) is 34.9 Å². The molecule has 0 aliphatic carbocycles. The van der Waals surface area contributed by atoms with Gasteiger partial charge in [0, 0.05) is 38.2 Å². The topological polar surface area (TPSA) is 58.4 Å². The van der Waals surface area contributed by atoms with Gasteiger partial charge in [0.1, 0.15) is 17.3 Å². The van der Waals surface area contributed by atoms with Gasteiger partial charge in [0.15, 0.2) is 0 Å². The molecule has 1 aromatic heterocycles. The summed E-state index contributed by atoms with van der Waals surface area (Å²) in [6.07, 6.45) is 5.86. The van der Waals surface area contributed by atoms with Crippen molar-refractivity contribution in [2.45, 2.75) is 38.5 Å². The molecule has 1 amide bonds. The lowest BCUT2D eigenvalue weighted by Gasteiger charge is -2.27. The SMILES string of the molecule is CN(CCCCCc1cc(-c2cccc(F)c2)no1)C(=O)C1CCCNC1.Cl. The van der Waals surface area contributed by atoms with Crippen molar-refractivity contribution in [1.82, 2.24) is 15.4 Å². The molecule has 0 spiro atoms. The van der Waals surface area contributed by atoms with Crippen LogP contribution in [0.1, 0.15) is 37.9 Å². The molecular formula is C21H29ClFN3O2. The summed E-state index contributed by atoms with van der Waals surface area (Å²) in [6, 6.07) is 8.23. The molecule has 5 nitrogen and oxygen atoms in total. The second-order valence-electron chi connectivity index (χ2n) is 7.30. The smallest absolute Gasteiger partial charge is 0.226 e. The van der Waals surface area contributed by atoms with E-state index in [0.29, 0.717) is 5.69 Å². The summed E-state index contributed by atoms with van der Waals surface area (Å²) >= 11 is 0. The highest BCUT2D eigenvalue weighted by molar-refractivity contribution is 5.85. The third-order valence-corrected chi connectivity index (χ3v) is 5.12. The molecule has 1 fully saturated rings. The molecule has 1 unspecified atom stereocenters. The molecule has 0 saturated carbocycles. The predicted octanol–water partition coefficient (Wildman–Crippen LogP) is 4.07. The molecule has 1 saturated heterocycles. The summed E-state index contributed by atoms with van der Waals surface area (Å²) in [6.45, 7) is 2.62. The number of piperidine rings is 1. The van der Waals surface area contributed by atoms with Crippen LogP contribution in [0.4, 0.5) is 4.39 Å². The maximum Gasteiger partial charge on any atom is 0.226 e. The van der Waals surface area contributed by atoms with Crippen LogP contribution in [-0.4, -0.2) is 42.6 Å². The van der Waals surface area contributed by atoms with Crippen LogP contribution in [0, 0.1) is 11.7 Å². The molecule has 1 aliphatic rings. The zero-order valence-corrected chi connectivity index (χ0v) is 17.1. The number of rotatable bonds is 8. The zero-order valence-electron chi connectivity index (χ0n) is 16.3. The first-order chi connectivity index (χ1) is 13.1. The Hall–Kier alpha value is -1.92. The van der Waals surface area contributed by atoms with Crippen LogP contribution in [0.3, 0.4) is 0 Å². The van der Waals surface area contributed by atoms with Crippen molar-refractivity contribution in [2.24, 2.45) is 5.92 Å². The van der Waals surface area contributed by atoms with Crippen LogP contribution >= 0.6 is 12.4 Å². The Morgan fingerprint density at radius 3 is 2.93 bits per heavy atom. The molecule has 1 atom stereocenters. The minimum absolute atomic E-state index is 0. The summed E-state index contributed by atoms with van der Waals surface area (Å²) in [5.74, 6) is 0.933. The molecule has 3 rings (SSSR count). The number of amides is 1. The second kappa shape index (κ2) is 11.2. The number of halogens is 2. The molecule has 154 valence electrons. The van der Waals surface area contributed by atoms with Gasteiger partial charge >= 0.3 is 0 Å². The molecule has 0 radical (unpaired) electrons. The number of hydrogen-bond acceptors (Lipinski definition) is 4. The van der Waals surface area contributed by atoms with Gasteiger partial charge in [-0.1, -0.05) is 23.7 Å². The summed E-state index contributed by atoms with van der Waals surface area (Å²) in [5.41, 5.74) is 1.39. The van der Waals surface area contributed by atoms with E-state index in [1.807, 2.05) is 24.1 Å². The number of aryl methyl sites for hydroxylation is 1. The number of aromatic nitrogens is 1. The third-order valence-electron chi connectivity index (χ3n) is 5.12. The minimum atomic E-state index is -0.278. The van der Waals surface area contributed by atoms with E-state index in [1.165, 1.54) is 12.1 Å². The van der Waals surface area contributed by atoms with Gasteiger partial charge in [-0.2, -0.15) is 0 Å². The summed E-state index contributed by atoms with van der Waals surface area (Å²) in [4.78, 5) is 14.2. The van der Waals surface area contributed by atoms with Crippen molar-refractivity contribution in [3.05, 3.63) is 41.9 Å². The van der Waals surface area contributed by atoms with E-state index in [2.05, 4.69) is 10.5 Å². The van der Waals surface area contributed by atoms with E-state index in [4.69, 9.17) is 4.52 Å². The van der Waals surface area contributed by atoms with E-state index in [-0.39, 0.29) is 30.0 Å². The Labute approximate surface area is 172 Å². The fraction of sp³-hybridized carbons (Fsp3) is 0.524. The fourth-order valence-electron chi connectivity index (χ4n) is 3.52. The first kappa shape index (κ1) is 22.4. The Bertz CT molecular complexity index is 747. The lowest BCUT2D eigenvalue weighted by molar-refractivity contribution is -0.134. The van der Waals surface area contributed by atoms with Crippen molar-refractivity contribution in [1.29, 1.82) is 0 Å². The van der Waals surface area contributed by atoms with Gasteiger partial charge in [0.25, 0.3) is 0 Å². The number of nitrogens with one attached hydrogen (secondary N) is 1. The van der Waals surface area contributed by atoms with Crippen molar-refractivity contribution >= 4 is 18.3 Å². The van der Waals surface area contributed by atoms with E-state index >= 15 is 0 Å². The summed E-state index contributed by atoms with van der Waals surface area (Å²) in [5, 5.41) is 7.33. The first-order valence-corrected chi connectivity index (χ1v) is 9.81. The Kier molecular flexibility index (Phi) is 8.93. The fourth-order valence-corrected chi connectivity index (χ4v) is 3.52. The average molecular weight is 410 g/mol. The van der Waals surface area contributed by atoms with Crippen molar-refractivity contribution in [3.8, 4) is 11.3 Å². The van der Waals surface area contributed by atoms with Gasteiger partial charge in [0.05, 0.1) is 5.92 Å². The van der Waals surface area contributed by atoms with Crippen LogP contribution < -0.4 is 5.32 Å². The number of hydrogen-bond donors (Lipinski definition) is 1. The average Bonchev–Trinajstić information content (AvgIpc) is 3.16. The Morgan fingerprint density at radius 2 is 2.18 bits per heavy atom. The molecule has 1 aromatic carbocycles. The van der Waals surface area contributed by atoms with Gasteiger partial charge in [0.2, 0.25) is 5.91 Å². The molecule has 1 aliphatic heterocycles. The first-order valence-electron chi connectivity index (χ1n) is 9.81. The number of benzene rings is 1. The number of carbonyl (C=O) groups excluding carboxylic acids is 1. The number of unbranched alkanes of at least 4 members (excludes halogenated alkanes) is 2. The predicted molar refractivity (Wildman–Crippen MR) is 110 cm³/mol. The maximum absolute atomic E-state index is 13.3.